The van der Waals surface area contributed by atoms with Gasteiger partial charge in [0.05, 0.1) is 25.6 Å². The zero-order chi connectivity index (χ0) is 24.2. The van der Waals surface area contributed by atoms with Gasteiger partial charge in [0.15, 0.2) is 0 Å². The van der Waals surface area contributed by atoms with Crippen LogP contribution in [-0.4, -0.2) is 43.1 Å². The van der Waals surface area contributed by atoms with E-state index in [0.29, 0.717) is 17.1 Å². The second kappa shape index (κ2) is 9.78. The Labute approximate surface area is 206 Å². The number of aromatic amines is 1. The number of hydrogen-bond donors (Lipinski definition) is 2. The Hall–Kier alpha value is -4.50. The maximum atomic E-state index is 9.75. The number of nitrogens with zero attached hydrogens (tertiary/aromatic N) is 5. The molecule has 0 radical (unpaired) electrons. The van der Waals surface area contributed by atoms with Crippen LogP contribution in [0.3, 0.4) is 0 Å². The van der Waals surface area contributed by atoms with Gasteiger partial charge in [0, 0.05) is 5.56 Å². The van der Waals surface area contributed by atoms with Gasteiger partial charge in [-0.1, -0.05) is 42.5 Å². The van der Waals surface area contributed by atoms with Gasteiger partial charge >= 0.3 is 0 Å². The molecule has 0 saturated heterocycles. The summed E-state index contributed by atoms with van der Waals surface area (Å²) in [7, 11) is 1.64. The minimum absolute atomic E-state index is 0.162. The van der Waals surface area contributed by atoms with Gasteiger partial charge in [0.25, 0.3) is 0 Å². The summed E-state index contributed by atoms with van der Waals surface area (Å²) >= 11 is 5.45. The van der Waals surface area contributed by atoms with Crippen molar-refractivity contribution in [3.63, 3.8) is 0 Å². The quantitative estimate of drug-likeness (QED) is 0.248. The summed E-state index contributed by atoms with van der Waals surface area (Å²) in [5.74, 6) is 1.46. The zero-order valence-corrected chi connectivity index (χ0v) is 19.7. The van der Waals surface area contributed by atoms with Gasteiger partial charge in [-0.05, 0) is 65.8 Å². The van der Waals surface area contributed by atoms with Crippen molar-refractivity contribution in [3.05, 3.63) is 101 Å². The molecule has 2 aromatic heterocycles. The van der Waals surface area contributed by atoms with Crippen molar-refractivity contribution in [2.45, 2.75) is 6.54 Å². The van der Waals surface area contributed by atoms with Gasteiger partial charge in [-0.3, -0.25) is 4.68 Å². The number of ether oxygens (including phenoxy) is 1. The number of rotatable bonds is 7. The molecular formula is C26H22N6O2S. The van der Waals surface area contributed by atoms with Crippen molar-refractivity contribution in [2.24, 2.45) is 5.10 Å². The summed E-state index contributed by atoms with van der Waals surface area (Å²) in [6, 6.07) is 26.6. The van der Waals surface area contributed by atoms with Crippen LogP contribution < -0.4 is 4.74 Å². The molecule has 0 aliphatic rings. The molecule has 0 atom stereocenters. The van der Waals surface area contributed by atoms with Crippen molar-refractivity contribution >= 4 is 18.4 Å². The van der Waals surface area contributed by atoms with E-state index < -0.39 is 0 Å². The normalized spacial score (nSPS) is 11.2. The molecule has 9 heteroatoms. The van der Waals surface area contributed by atoms with Gasteiger partial charge in [0.2, 0.25) is 10.6 Å². The summed E-state index contributed by atoms with van der Waals surface area (Å²) in [6.45, 7) is 0.544. The predicted octanol–water partition coefficient (Wildman–Crippen LogP) is 5.12. The number of hydrogen-bond acceptors (Lipinski definition) is 6. The molecule has 5 rings (SSSR count). The van der Waals surface area contributed by atoms with Crippen LogP contribution in [0.2, 0.25) is 0 Å². The third-order valence-corrected chi connectivity index (χ3v) is 5.68. The van der Waals surface area contributed by atoms with E-state index in [-0.39, 0.29) is 5.75 Å². The Balaban J connectivity index is 1.59. The smallest absolute Gasteiger partial charge is 0.216 e. The molecule has 174 valence electrons. The van der Waals surface area contributed by atoms with E-state index in [1.165, 1.54) is 0 Å². The molecular weight excluding hydrogens is 460 g/mol. The van der Waals surface area contributed by atoms with Crippen molar-refractivity contribution in [1.82, 2.24) is 24.7 Å². The number of H-pyrrole nitrogens is 1. The highest BCUT2D eigenvalue weighted by Crippen LogP contribution is 2.27. The lowest BCUT2D eigenvalue weighted by atomic mass is 10.1. The average Bonchev–Trinajstić information content (AvgIpc) is 3.46. The maximum absolute atomic E-state index is 9.75. The van der Waals surface area contributed by atoms with Crippen LogP contribution in [-0.2, 0) is 6.54 Å². The van der Waals surface area contributed by atoms with Gasteiger partial charge < -0.3 is 9.84 Å². The van der Waals surface area contributed by atoms with E-state index in [1.54, 1.807) is 36.2 Å². The molecule has 0 aliphatic carbocycles. The first-order chi connectivity index (χ1) is 17.1. The van der Waals surface area contributed by atoms with Gasteiger partial charge in [0.1, 0.15) is 17.2 Å². The number of phenols is 1. The summed E-state index contributed by atoms with van der Waals surface area (Å²) in [5, 5.41) is 26.4. The Morgan fingerprint density at radius 2 is 1.83 bits per heavy atom. The molecule has 35 heavy (non-hydrogen) atoms. The molecule has 0 unspecified atom stereocenters. The number of phenolic OH excluding ortho intramolecular Hbond substituents is 1. The molecule has 3 aromatic carbocycles. The summed E-state index contributed by atoms with van der Waals surface area (Å²) in [5.41, 5.74) is 4.32. The second-order valence-electron chi connectivity index (χ2n) is 7.79. The summed E-state index contributed by atoms with van der Waals surface area (Å²) in [6.07, 6.45) is 1.62. The van der Waals surface area contributed by atoms with Gasteiger partial charge in [-0.15, -0.1) is 0 Å². The molecule has 2 N–H and O–H groups in total. The summed E-state index contributed by atoms with van der Waals surface area (Å²) < 4.78 is 9.07. The largest absolute Gasteiger partial charge is 0.508 e. The first kappa shape index (κ1) is 22.3. The lowest BCUT2D eigenvalue weighted by molar-refractivity contribution is 0.415. The zero-order valence-electron chi connectivity index (χ0n) is 18.9. The second-order valence-corrected chi connectivity index (χ2v) is 8.18. The first-order valence-electron chi connectivity index (χ1n) is 10.9. The van der Waals surface area contributed by atoms with Crippen molar-refractivity contribution < 1.29 is 9.84 Å². The van der Waals surface area contributed by atoms with Gasteiger partial charge in [-0.25, -0.2) is 5.10 Å². The van der Waals surface area contributed by atoms with Crippen LogP contribution in [0.1, 0.15) is 11.1 Å². The minimum atomic E-state index is 0.162. The SMILES string of the molecule is COc1ccc(-c2cc(-c3n[nH]c(=S)n3/N=C/c3cccc(O)c3)n(Cc3ccccc3)n2)cc1. The van der Waals surface area contributed by atoms with Crippen LogP contribution in [0.5, 0.6) is 11.5 Å². The molecule has 0 aliphatic heterocycles. The van der Waals surface area contributed by atoms with Crippen LogP contribution in [0.15, 0.2) is 90.0 Å². The highest BCUT2D eigenvalue weighted by Gasteiger charge is 2.18. The van der Waals surface area contributed by atoms with Crippen LogP contribution in [0, 0.1) is 4.77 Å². The number of methoxy groups -OCH3 is 1. The van der Waals surface area contributed by atoms with E-state index in [9.17, 15) is 5.11 Å². The molecule has 0 fully saturated rings. The third kappa shape index (κ3) is 4.90. The van der Waals surface area contributed by atoms with Crippen molar-refractivity contribution in [2.75, 3.05) is 7.11 Å². The lowest BCUT2D eigenvalue weighted by Crippen LogP contribution is -2.06. The Morgan fingerprint density at radius 1 is 1.03 bits per heavy atom. The number of aromatic hydroxyl groups is 1. The highest BCUT2D eigenvalue weighted by molar-refractivity contribution is 7.71. The Morgan fingerprint density at radius 3 is 2.57 bits per heavy atom. The topological polar surface area (TPSA) is 93.2 Å². The Kier molecular flexibility index (Phi) is 6.23. The fourth-order valence-electron chi connectivity index (χ4n) is 3.67. The van der Waals surface area contributed by atoms with Crippen LogP contribution in [0.25, 0.3) is 22.8 Å². The van der Waals surface area contributed by atoms with E-state index in [1.807, 2.05) is 59.3 Å². The molecule has 0 amide bonds. The van der Waals surface area contributed by atoms with Gasteiger partial charge in [-0.2, -0.15) is 20.0 Å². The molecule has 8 nitrogen and oxygen atoms in total. The molecule has 0 spiro atoms. The van der Waals surface area contributed by atoms with E-state index in [4.69, 9.17) is 22.1 Å². The average molecular weight is 483 g/mol. The monoisotopic (exact) mass is 482 g/mol. The highest BCUT2D eigenvalue weighted by atomic mass is 32.1. The van der Waals surface area contributed by atoms with E-state index in [2.05, 4.69) is 27.4 Å². The maximum Gasteiger partial charge on any atom is 0.216 e. The fourth-order valence-corrected chi connectivity index (χ4v) is 3.85. The summed E-state index contributed by atoms with van der Waals surface area (Å²) in [4.78, 5) is 0. The number of aromatic nitrogens is 5. The fraction of sp³-hybridized carbons (Fsp3) is 0.0769. The van der Waals surface area contributed by atoms with Crippen molar-refractivity contribution in [3.8, 4) is 34.3 Å². The standard InChI is InChI=1S/C26H22N6O2S/c1-34-22-12-10-20(11-13-22)23-15-24(31(30-23)17-18-6-3-2-4-7-18)25-28-29-26(35)32(25)27-16-19-8-5-9-21(33)14-19/h2-16,33H,17H2,1H3,(H,29,35)/b27-16+. The minimum Gasteiger partial charge on any atom is -0.508 e. The van der Waals surface area contributed by atoms with Crippen LogP contribution in [0.4, 0.5) is 0 Å². The molecule has 2 heterocycles. The first-order valence-corrected chi connectivity index (χ1v) is 11.3. The molecule has 0 bridgehead atoms. The number of nitrogens with one attached hydrogen (secondary N) is 1. The van der Waals surface area contributed by atoms with Crippen molar-refractivity contribution in [1.29, 1.82) is 0 Å². The van der Waals surface area contributed by atoms with E-state index >= 15 is 0 Å². The van der Waals surface area contributed by atoms with E-state index in [0.717, 1.165) is 33.8 Å². The molecule has 5 aromatic rings. The third-order valence-electron chi connectivity index (χ3n) is 5.41. The lowest BCUT2D eigenvalue weighted by Gasteiger charge is -2.07. The predicted molar refractivity (Wildman–Crippen MR) is 137 cm³/mol. The van der Waals surface area contributed by atoms with Crippen LogP contribution >= 0.6 is 12.2 Å². The Bertz CT molecular complexity index is 1530. The molecule has 0 saturated carbocycles. The number of benzene rings is 3.